The number of hydrogen-bond donors (Lipinski definition) is 4. The Balaban J connectivity index is 1.66. The molecule has 1 aliphatic heterocycles. The van der Waals surface area contributed by atoms with Gasteiger partial charge in [0.25, 0.3) is 11.5 Å². The first-order valence-electron chi connectivity index (χ1n) is 9.13. The summed E-state index contributed by atoms with van der Waals surface area (Å²) < 4.78 is 21.5. The van der Waals surface area contributed by atoms with Crippen LogP contribution in [0.3, 0.4) is 0 Å². The first-order valence-corrected chi connectivity index (χ1v) is 8.13. The second-order valence-corrected chi connectivity index (χ2v) is 6.00. The molecule has 1 aliphatic rings. The standard InChI is InChI=1S/C17H17N5O5/c23-7-11-10(24)6-12(27-11)22-8-18-13-14(22)19-17(21-16(13)26)20-15(25)9-4-2-1-3-5-9/h1-5,8,10-12,23-24H,6-7H2,(H2,19,20,21,25,26)/t10-,11+,12+/m0/s1/i7D2. The monoisotopic (exact) mass is 373 g/mol. The first kappa shape index (κ1) is 15.0. The van der Waals surface area contributed by atoms with Gasteiger partial charge in [-0.3, -0.25) is 24.5 Å². The molecule has 0 aliphatic carbocycles. The van der Waals surface area contributed by atoms with Crippen molar-refractivity contribution in [2.24, 2.45) is 0 Å². The van der Waals surface area contributed by atoms with E-state index >= 15 is 0 Å². The Morgan fingerprint density at radius 1 is 1.44 bits per heavy atom. The molecule has 10 heteroatoms. The van der Waals surface area contributed by atoms with Gasteiger partial charge in [-0.15, -0.1) is 0 Å². The summed E-state index contributed by atoms with van der Waals surface area (Å²) in [4.78, 5) is 35.3. The van der Waals surface area contributed by atoms with Gasteiger partial charge >= 0.3 is 0 Å². The second kappa shape index (κ2) is 6.91. The number of ether oxygens (including phenoxy) is 1. The molecule has 4 N–H and O–H groups in total. The van der Waals surface area contributed by atoms with Gasteiger partial charge in [-0.2, -0.15) is 4.98 Å². The highest BCUT2D eigenvalue weighted by molar-refractivity contribution is 6.03. The number of rotatable bonds is 4. The molecule has 27 heavy (non-hydrogen) atoms. The average Bonchev–Trinajstić information content (AvgIpc) is 3.26. The summed E-state index contributed by atoms with van der Waals surface area (Å²) in [5, 5.41) is 22.0. The molecule has 1 saturated heterocycles. The zero-order valence-electron chi connectivity index (χ0n) is 15.9. The number of fused-ring (bicyclic) bond motifs is 1. The van der Waals surface area contributed by atoms with E-state index in [1.807, 2.05) is 0 Å². The second-order valence-electron chi connectivity index (χ2n) is 6.00. The number of H-pyrrole nitrogens is 1. The van der Waals surface area contributed by atoms with E-state index in [-0.39, 0.29) is 23.5 Å². The highest BCUT2D eigenvalue weighted by atomic mass is 16.5. The molecule has 1 fully saturated rings. The third kappa shape index (κ3) is 3.21. The van der Waals surface area contributed by atoms with Gasteiger partial charge in [0.2, 0.25) is 5.95 Å². The molecule has 3 aromatic rings. The topological polar surface area (TPSA) is 142 Å². The molecule has 10 nitrogen and oxygen atoms in total. The summed E-state index contributed by atoms with van der Waals surface area (Å²) in [7, 11) is 0. The number of aliphatic hydroxyl groups is 2. The van der Waals surface area contributed by atoms with Crippen molar-refractivity contribution in [3.8, 4) is 0 Å². The summed E-state index contributed by atoms with van der Waals surface area (Å²) in [6, 6.07) is 8.37. The van der Waals surface area contributed by atoms with Crippen LogP contribution < -0.4 is 10.9 Å². The maximum Gasteiger partial charge on any atom is 0.280 e. The SMILES string of the molecule is [2H]C([2H])(O)[C@H]1O[C@@H](n2cnc3c(=O)[nH]c(NC(=O)c4ccccc4)nc32)C[C@@H]1O. The van der Waals surface area contributed by atoms with Gasteiger partial charge in [-0.1, -0.05) is 18.2 Å². The van der Waals surface area contributed by atoms with E-state index < -0.39 is 36.5 Å². The van der Waals surface area contributed by atoms with Crippen LogP contribution in [0.25, 0.3) is 11.2 Å². The molecule has 140 valence electrons. The van der Waals surface area contributed by atoms with Gasteiger partial charge < -0.3 is 14.9 Å². The number of hydrogen-bond acceptors (Lipinski definition) is 7. The van der Waals surface area contributed by atoms with E-state index in [2.05, 4.69) is 20.3 Å². The van der Waals surface area contributed by atoms with E-state index in [1.165, 1.54) is 10.9 Å². The van der Waals surface area contributed by atoms with E-state index in [0.717, 1.165) is 0 Å². The molecule has 0 radical (unpaired) electrons. The molecule has 0 saturated carbocycles. The number of anilines is 1. The lowest BCUT2D eigenvalue weighted by Crippen LogP contribution is -2.24. The number of aromatic amines is 1. The predicted octanol–water partition coefficient (Wildman–Crippen LogP) is 0.0126. The van der Waals surface area contributed by atoms with E-state index in [0.29, 0.717) is 5.56 Å². The lowest BCUT2D eigenvalue weighted by molar-refractivity contribution is -0.0432. The summed E-state index contributed by atoms with van der Waals surface area (Å²) in [5.41, 5.74) is -0.159. The molecule has 1 aromatic carbocycles. The number of aliphatic hydroxyl groups excluding tert-OH is 1. The smallest absolute Gasteiger partial charge is 0.280 e. The maximum absolute atomic E-state index is 12.3. The maximum atomic E-state index is 12.3. The van der Waals surface area contributed by atoms with Crippen molar-refractivity contribution in [3.63, 3.8) is 0 Å². The zero-order valence-corrected chi connectivity index (χ0v) is 13.9. The third-order valence-corrected chi connectivity index (χ3v) is 4.23. The number of amides is 1. The van der Waals surface area contributed by atoms with Crippen LogP contribution in [-0.4, -0.2) is 54.4 Å². The number of imidazole rings is 1. The number of carbonyl (C=O) groups excluding carboxylic acids is 1. The molecular weight excluding hydrogens is 354 g/mol. The highest BCUT2D eigenvalue weighted by Crippen LogP contribution is 2.30. The Hall–Kier alpha value is -3.08. The third-order valence-electron chi connectivity index (χ3n) is 4.23. The van der Waals surface area contributed by atoms with Gasteiger partial charge in [-0.25, -0.2) is 4.98 Å². The summed E-state index contributed by atoms with van der Waals surface area (Å²) in [5.74, 6) is -0.578. The fourth-order valence-corrected chi connectivity index (χ4v) is 2.91. The van der Waals surface area contributed by atoms with Crippen molar-refractivity contribution in [2.75, 3.05) is 11.9 Å². The fraction of sp³-hybridized carbons (Fsp3) is 0.294. The number of carbonyl (C=O) groups is 1. The van der Waals surface area contributed by atoms with Crippen molar-refractivity contribution in [3.05, 3.63) is 52.6 Å². The lowest BCUT2D eigenvalue weighted by Gasteiger charge is -2.13. The number of aromatic nitrogens is 4. The Kier molecular flexibility index (Phi) is 3.85. The van der Waals surface area contributed by atoms with Gasteiger partial charge in [-0.05, 0) is 12.1 Å². The van der Waals surface area contributed by atoms with Gasteiger partial charge in [0.1, 0.15) is 12.3 Å². The molecule has 0 unspecified atom stereocenters. The predicted molar refractivity (Wildman–Crippen MR) is 94.2 cm³/mol. The zero-order chi connectivity index (χ0) is 20.8. The molecule has 0 spiro atoms. The normalized spacial score (nSPS) is 23.9. The molecule has 1 amide bonds. The number of benzene rings is 1. The summed E-state index contributed by atoms with van der Waals surface area (Å²) in [6.45, 7) is -2.75. The van der Waals surface area contributed by atoms with Crippen molar-refractivity contribution < 1.29 is 22.5 Å². The van der Waals surface area contributed by atoms with Crippen LogP contribution in [0.4, 0.5) is 5.95 Å². The molecule has 4 rings (SSSR count). The molecule has 3 heterocycles. The van der Waals surface area contributed by atoms with Gasteiger partial charge in [0.15, 0.2) is 11.2 Å². The van der Waals surface area contributed by atoms with E-state index in [9.17, 15) is 19.8 Å². The van der Waals surface area contributed by atoms with Crippen LogP contribution in [-0.2, 0) is 4.74 Å². The van der Waals surface area contributed by atoms with Crippen LogP contribution >= 0.6 is 0 Å². The van der Waals surface area contributed by atoms with Crippen LogP contribution in [0.2, 0.25) is 0 Å². The minimum atomic E-state index is -2.75. The van der Waals surface area contributed by atoms with Crippen LogP contribution in [0.15, 0.2) is 41.5 Å². The van der Waals surface area contributed by atoms with Gasteiger partial charge in [0.05, 0.1) is 21.7 Å². The van der Waals surface area contributed by atoms with Crippen molar-refractivity contribution in [2.45, 2.75) is 24.9 Å². The minimum Gasteiger partial charge on any atom is -0.394 e. The minimum absolute atomic E-state index is 0.0174. The summed E-state index contributed by atoms with van der Waals surface area (Å²) >= 11 is 0. The number of nitrogens with zero attached hydrogens (tertiary/aromatic N) is 3. The average molecular weight is 373 g/mol. The first-order chi connectivity index (χ1) is 13.7. The molecule has 3 atom stereocenters. The largest absolute Gasteiger partial charge is 0.394 e. The lowest BCUT2D eigenvalue weighted by atomic mass is 10.2. The Labute approximate surface area is 155 Å². The molecule has 2 aromatic heterocycles. The fourth-order valence-electron chi connectivity index (χ4n) is 2.91. The Bertz CT molecular complexity index is 1110. The van der Waals surface area contributed by atoms with E-state index in [1.54, 1.807) is 30.3 Å². The van der Waals surface area contributed by atoms with Crippen molar-refractivity contribution >= 4 is 23.0 Å². The van der Waals surface area contributed by atoms with Gasteiger partial charge in [0, 0.05) is 12.0 Å². The van der Waals surface area contributed by atoms with Crippen LogP contribution in [0.5, 0.6) is 0 Å². The summed E-state index contributed by atoms with van der Waals surface area (Å²) in [6.07, 6.45) is -2.42. The quantitative estimate of drug-likeness (QED) is 0.505. The van der Waals surface area contributed by atoms with Crippen molar-refractivity contribution in [1.82, 2.24) is 19.5 Å². The number of nitrogens with one attached hydrogen (secondary N) is 2. The van der Waals surface area contributed by atoms with Crippen molar-refractivity contribution in [1.29, 1.82) is 0 Å². The Morgan fingerprint density at radius 2 is 2.22 bits per heavy atom. The highest BCUT2D eigenvalue weighted by Gasteiger charge is 2.35. The van der Waals surface area contributed by atoms with Crippen LogP contribution in [0.1, 0.15) is 25.7 Å². The Morgan fingerprint density at radius 3 is 2.93 bits per heavy atom. The van der Waals surface area contributed by atoms with Crippen LogP contribution in [0, 0.1) is 0 Å². The van der Waals surface area contributed by atoms with E-state index in [4.69, 9.17) is 7.48 Å². The molecule has 0 bridgehead atoms. The molecular formula is C17H17N5O5.